The molecule has 152 valence electrons. The van der Waals surface area contributed by atoms with Crippen LogP contribution in [0.1, 0.15) is 90.3 Å². The highest BCUT2D eigenvalue weighted by atomic mass is 14.9. The summed E-state index contributed by atoms with van der Waals surface area (Å²) in [4.78, 5) is 0. The van der Waals surface area contributed by atoms with E-state index in [4.69, 9.17) is 0 Å². The van der Waals surface area contributed by atoms with Crippen molar-refractivity contribution in [3.05, 3.63) is 53.2 Å². The molecule has 1 aromatic heterocycles. The van der Waals surface area contributed by atoms with Gasteiger partial charge >= 0.3 is 0 Å². The van der Waals surface area contributed by atoms with Crippen LogP contribution in [-0.2, 0) is 17.9 Å². The van der Waals surface area contributed by atoms with E-state index in [1.807, 2.05) is 0 Å². The van der Waals surface area contributed by atoms with E-state index in [0.29, 0.717) is 10.8 Å². The molecule has 0 bridgehead atoms. The molecule has 0 N–H and O–H groups in total. The number of nitrogens with zero attached hydrogens (tertiary/aromatic N) is 1. The van der Waals surface area contributed by atoms with Crippen LogP contribution < -0.4 is 4.57 Å². The molecule has 0 saturated heterocycles. The number of aromatic nitrogens is 1. The van der Waals surface area contributed by atoms with Crippen LogP contribution in [0.5, 0.6) is 0 Å². The Morgan fingerprint density at radius 1 is 0.964 bits per heavy atom. The number of hydrogen-bond acceptors (Lipinski definition) is 0. The summed E-state index contributed by atoms with van der Waals surface area (Å²) >= 11 is 0. The van der Waals surface area contributed by atoms with Gasteiger partial charge in [0.25, 0.3) is 0 Å². The monoisotopic (exact) mass is 378 g/mol. The van der Waals surface area contributed by atoms with Crippen LogP contribution in [0, 0.1) is 12.3 Å². The predicted molar refractivity (Wildman–Crippen MR) is 121 cm³/mol. The normalized spacial score (nSPS) is 18.9. The van der Waals surface area contributed by atoms with Gasteiger partial charge in [0.2, 0.25) is 5.69 Å². The van der Waals surface area contributed by atoms with E-state index >= 15 is 0 Å². The largest absolute Gasteiger partial charge is 0.212 e. The highest BCUT2D eigenvalue weighted by Gasteiger charge is 2.37. The third-order valence-corrected chi connectivity index (χ3v) is 7.71. The highest BCUT2D eigenvalue weighted by molar-refractivity contribution is 5.62. The third kappa shape index (κ3) is 4.04. The molecule has 1 heteroatoms. The van der Waals surface area contributed by atoms with E-state index in [-0.39, 0.29) is 5.41 Å². The smallest absolute Gasteiger partial charge is 0.201 e. The van der Waals surface area contributed by atoms with Crippen LogP contribution in [0.2, 0.25) is 0 Å². The first-order valence-electron chi connectivity index (χ1n) is 11.1. The second kappa shape index (κ2) is 7.32. The zero-order chi connectivity index (χ0) is 20.7. The third-order valence-electron chi connectivity index (χ3n) is 7.71. The zero-order valence-electron chi connectivity index (χ0n) is 19.4. The number of aryl methyl sites for hydroxylation is 2. The van der Waals surface area contributed by atoms with Gasteiger partial charge in [-0.15, -0.1) is 0 Å². The molecule has 1 saturated carbocycles. The first-order chi connectivity index (χ1) is 13.0. The Hall–Kier alpha value is -1.63. The zero-order valence-corrected chi connectivity index (χ0v) is 19.4. The van der Waals surface area contributed by atoms with Crippen molar-refractivity contribution in [3.8, 4) is 11.3 Å². The van der Waals surface area contributed by atoms with Gasteiger partial charge in [-0.25, -0.2) is 4.57 Å². The molecule has 0 unspecified atom stereocenters. The Labute approximate surface area is 173 Å². The SMILES string of the molecule is CCC(C)(C)c1ccc(-c2ccc(C3(C)CCC(C)(C)CC3)c[n+]2C)c(C)c1. The van der Waals surface area contributed by atoms with Gasteiger partial charge in [0.15, 0.2) is 6.20 Å². The minimum atomic E-state index is 0.235. The van der Waals surface area contributed by atoms with Crippen molar-refractivity contribution in [3.63, 3.8) is 0 Å². The van der Waals surface area contributed by atoms with Crippen LogP contribution in [0.15, 0.2) is 36.5 Å². The molecular formula is C27H40N+. The van der Waals surface area contributed by atoms with Gasteiger partial charge < -0.3 is 0 Å². The molecule has 2 aromatic rings. The number of benzene rings is 1. The van der Waals surface area contributed by atoms with Gasteiger partial charge in [-0.1, -0.05) is 53.7 Å². The summed E-state index contributed by atoms with van der Waals surface area (Å²) in [5.74, 6) is 0. The molecule has 28 heavy (non-hydrogen) atoms. The maximum Gasteiger partial charge on any atom is 0.212 e. The lowest BCUT2D eigenvalue weighted by Gasteiger charge is -2.41. The molecule has 0 amide bonds. The van der Waals surface area contributed by atoms with Gasteiger partial charge in [-0.3, -0.25) is 0 Å². The average molecular weight is 379 g/mol. The lowest BCUT2D eigenvalue weighted by molar-refractivity contribution is -0.661. The summed E-state index contributed by atoms with van der Waals surface area (Å²) in [6.07, 6.45) is 8.77. The molecule has 1 aliphatic carbocycles. The van der Waals surface area contributed by atoms with E-state index in [1.54, 1.807) is 0 Å². The molecule has 1 heterocycles. The van der Waals surface area contributed by atoms with Crippen molar-refractivity contribution in [1.82, 2.24) is 0 Å². The number of pyridine rings is 1. The van der Waals surface area contributed by atoms with Crippen LogP contribution in [0.25, 0.3) is 11.3 Å². The molecule has 1 aromatic carbocycles. The fraction of sp³-hybridized carbons (Fsp3) is 0.593. The molecular weight excluding hydrogens is 338 g/mol. The van der Waals surface area contributed by atoms with E-state index in [2.05, 4.69) is 96.6 Å². The van der Waals surface area contributed by atoms with Crippen molar-refractivity contribution in [2.45, 2.75) is 91.4 Å². The standard InChI is InChI=1S/C27H40N/c1-9-26(5,6)21-10-12-23(20(2)18-21)24-13-11-22(19-28(24)8)27(7)16-14-25(3,4)15-17-27/h10-13,18-19H,9,14-17H2,1-8H3/q+1. The van der Waals surface area contributed by atoms with Crippen molar-refractivity contribution in [2.75, 3.05) is 0 Å². The lowest BCUT2D eigenvalue weighted by atomic mass is 9.63. The van der Waals surface area contributed by atoms with Crippen molar-refractivity contribution >= 4 is 0 Å². The fourth-order valence-corrected chi connectivity index (χ4v) is 4.59. The number of hydrogen-bond donors (Lipinski definition) is 0. The minimum absolute atomic E-state index is 0.235. The molecule has 0 atom stereocenters. The lowest BCUT2D eigenvalue weighted by Crippen LogP contribution is -2.37. The maximum atomic E-state index is 2.46. The molecule has 0 radical (unpaired) electrons. The first-order valence-corrected chi connectivity index (χ1v) is 11.1. The summed E-state index contributed by atoms with van der Waals surface area (Å²) in [5, 5.41) is 0. The summed E-state index contributed by atoms with van der Waals surface area (Å²) < 4.78 is 2.34. The Bertz CT molecular complexity index is 847. The first kappa shape index (κ1) is 21.1. The Balaban J connectivity index is 1.91. The van der Waals surface area contributed by atoms with Crippen LogP contribution in [0.3, 0.4) is 0 Å². The summed E-state index contributed by atoms with van der Waals surface area (Å²) in [7, 11) is 2.21. The average Bonchev–Trinajstić information content (AvgIpc) is 2.64. The van der Waals surface area contributed by atoms with Gasteiger partial charge in [0.05, 0.1) is 0 Å². The van der Waals surface area contributed by atoms with Crippen molar-refractivity contribution in [1.29, 1.82) is 0 Å². The van der Waals surface area contributed by atoms with E-state index in [1.165, 1.54) is 53.6 Å². The summed E-state index contributed by atoms with van der Waals surface area (Å²) in [6, 6.07) is 11.8. The summed E-state index contributed by atoms with van der Waals surface area (Å²) in [6.45, 7) is 16.5. The Kier molecular flexibility index (Phi) is 5.51. The van der Waals surface area contributed by atoms with E-state index < -0.39 is 0 Å². The minimum Gasteiger partial charge on any atom is -0.201 e. The quantitative estimate of drug-likeness (QED) is 0.503. The maximum absolute atomic E-state index is 2.46. The Morgan fingerprint density at radius 3 is 2.14 bits per heavy atom. The highest BCUT2D eigenvalue weighted by Crippen LogP contribution is 2.46. The van der Waals surface area contributed by atoms with Crippen LogP contribution in [-0.4, -0.2) is 0 Å². The molecule has 3 rings (SSSR count). The second-order valence-electron chi connectivity index (χ2n) is 10.9. The van der Waals surface area contributed by atoms with Gasteiger partial charge in [-0.05, 0) is 78.5 Å². The van der Waals surface area contributed by atoms with Crippen molar-refractivity contribution < 1.29 is 4.57 Å². The molecule has 0 spiro atoms. The van der Waals surface area contributed by atoms with Crippen molar-refractivity contribution in [2.24, 2.45) is 12.5 Å². The predicted octanol–water partition coefficient (Wildman–Crippen LogP) is 7.03. The number of rotatable bonds is 4. The van der Waals surface area contributed by atoms with Gasteiger partial charge in [0, 0.05) is 17.2 Å². The molecule has 1 aliphatic rings. The van der Waals surface area contributed by atoms with Gasteiger partial charge in [0.1, 0.15) is 7.05 Å². The van der Waals surface area contributed by atoms with Crippen LogP contribution >= 0.6 is 0 Å². The second-order valence-corrected chi connectivity index (χ2v) is 10.9. The topological polar surface area (TPSA) is 3.88 Å². The molecule has 0 aliphatic heterocycles. The van der Waals surface area contributed by atoms with E-state index in [0.717, 1.165) is 6.42 Å². The molecule has 1 fully saturated rings. The Morgan fingerprint density at radius 2 is 1.61 bits per heavy atom. The van der Waals surface area contributed by atoms with Gasteiger partial charge in [-0.2, -0.15) is 0 Å². The summed E-state index contributed by atoms with van der Waals surface area (Å²) in [5.41, 5.74) is 8.01. The molecule has 1 nitrogen and oxygen atoms in total. The van der Waals surface area contributed by atoms with Crippen LogP contribution in [0.4, 0.5) is 0 Å². The van der Waals surface area contributed by atoms with E-state index in [9.17, 15) is 0 Å². The fourth-order valence-electron chi connectivity index (χ4n) is 4.59.